The molecule has 1 aliphatic carbocycles. The molecule has 1 aromatic carbocycles. The molecule has 1 aliphatic rings. The van der Waals surface area contributed by atoms with Crippen LogP contribution in [0.1, 0.15) is 29.9 Å². The van der Waals surface area contributed by atoms with E-state index < -0.39 is 0 Å². The molecule has 2 unspecified atom stereocenters. The first-order valence-corrected chi connectivity index (χ1v) is 4.70. The Kier molecular flexibility index (Phi) is 2.08. The molecule has 0 heterocycles. The normalized spacial score (nSPS) is 27.0. The minimum absolute atomic E-state index is 0.128. The summed E-state index contributed by atoms with van der Waals surface area (Å²) in [5.41, 5.74) is 7.76. The van der Waals surface area contributed by atoms with E-state index in [0.717, 1.165) is 18.4 Å². The highest BCUT2D eigenvalue weighted by Gasteiger charge is 2.28. The van der Waals surface area contributed by atoms with Gasteiger partial charge in [0.05, 0.1) is 0 Å². The number of halogens is 1. The summed E-state index contributed by atoms with van der Waals surface area (Å²) in [5.74, 6) is 0.330. The Morgan fingerprint density at radius 1 is 1.38 bits per heavy atom. The van der Waals surface area contributed by atoms with Crippen LogP contribution in [0.25, 0.3) is 0 Å². The van der Waals surface area contributed by atoms with E-state index in [2.05, 4.69) is 0 Å². The Hall–Kier alpha value is -0.890. The monoisotopic (exact) mass is 179 g/mol. The van der Waals surface area contributed by atoms with Crippen molar-refractivity contribution in [3.05, 3.63) is 35.1 Å². The molecule has 2 heteroatoms. The fourth-order valence-electron chi connectivity index (χ4n) is 1.84. The van der Waals surface area contributed by atoms with E-state index in [1.54, 1.807) is 6.92 Å². The largest absolute Gasteiger partial charge is 0.327 e. The molecule has 0 spiro atoms. The maximum atomic E-state index is 12.9. The van der Waals surface area contributed by atoms with E-state index in [1.165, 1.54) is 11.6 Å². The molecule has 0 radical (unpaired) electrons. The summed E-state index contributed by atoms with van der Waals surface area (Å²) in [4.78, 5) is 0. The van der Waals surface area contributed by atoms with Gasteiger partial charge in [-0.1, -0.05) is 12.1 Å². The van der Waals surface area contributed by atoms with Gasteiger partial charge in [-0.15, -0.1) is 0 Å². The number of benzene rings is 1. The molecule has 0 aliphatic heterocycles. The highest BCUT2D eigenvalue weighted by molar-refractivity contribution is 5.29. The summed E-state index contributed by atoms with van der Waals surface area (Å²) in [6.07, 6.45) is 2.24. The zero-order valence-electron chi connectivity index (χ0n) is 7.76. The molecule has 1 fully saturated rings. The summed E-state index contributed by atoms with van der Waals surface area (Å²) in [7, 11) is 0. The molecule has 0 aromatic heterocycles. The van der Waals surface area contributed by atoms with Crippen LogP contribution in [0.4, 0.5) is 4.39 Å². The number of rotatable bonds is 1. The molecule has 2 N–H and O–H groups in total. The Balaban J connectivity index is 2.26. The molecule has 2 atom stereocenters. The average molecular weight is 179 g/mol. The van der Waals surface area contributed by atoms with Gasteiger partial charge in [0.1, 0.15) is 5.82 Å². The standard InChI is InChI=1S/C11H14FN/c1-7-6-8(2-4-10(7)12)9-3-5-11(9)13/h2,4,6,9,11H,3,5,13H2,1H3. The molecule has 1 saturated carbocycles. The fraction of sp³-hybridized carbons (Fsp3) is 0.455. The van der Waals surface area contributed by atoms with Crippen LogP contribution in [0.3, 0.4) is 0 Å². The molecule has 2 rings (SSSR count). The van der Waals surface area contributed by atoms with Gasteiger partial charge >= 0.3 is 0 Å². The second kappa shape index (κ2) is 3.11. The fourth-order valence-corrected chi connectivity index (χ4v) is 1.84. The number of hydrogen-bond donors (Lipinski definition) is 1. The van der Waals surface area contributed by atoms with E-state index in [-0.39, 0.29) is 11.9 Å². The van der Waals surface area contributed by atoms with Crippen molar-refractivity contribution in [3.8, 4) is 0 Å². The zero-order chi connectivity index (χ0) is 9.42. The maximum Gasteiger partial charge on any atom is 0.126 e. The van der Waals surface area contributed by atoms with Crippen LogP contribution in [-0.2, 0) is 0 Å². The van der Waals surface area contributed by atoms with Crippen LogP contribution in [0.15, 0.2) is 18.2 Å². The summed E-state index contributed by atoms with van der Waals surface area (Å²) >= 11 is 0. The molecule has 13 heavy (non-hydrogen) atoms. The van der Waals surface area contributed by atoms with Crippen LogP contribution in [0.2, 0.25) is 0 Å². The predicted molar refractivity (Wildman–Crippen MR) is 51.1 cm³/mol. The molecule has 70 valence electrons. The van der Waals surface area contributed by atoms with Crippen LogP contribution < -0.4 is 5.73 Å². The summed E-state index contributed by atoms with van der Waals surface area (Å²) < 4.78 is 12.9. The van der Waals surface area contributed by atoms with Crippen molar-refractivity contribution in [1.82, 2.24) is 0 Å². The predicted octanol–water partition coefficient (Wildman–Crippen LogP) is 2.34. The van der Waals surface area contributed by atoms with Crippen LogP contribution in [0.5, 0.6) is 0 Å². The van der Waals surface area contributed by atoms with Crippen molar-refractivity contribution in [2.45, 2.75) is 31.7 Å². The van der Waals surface area contributed by atoms with Crippen molar-refractivity contribution >= 4 is 0 Å². The van der Waals surface area contributed by atoms with Crippen molar-refractivity contribution < 1.29 is 4.39 Å². The first kappa shape index (κ1) is 8.70. The third-order valence-corrected chi connectivity index (χ3v) is 2.94. The Morgan fingerprint density at radius 3 is 2.62 bits per heavy atom. The maximum absolute atomic E-state index is 12.9. The van der Waals surface area contributed by atoms with Gasteiger partial charge < -0.3 is 5.73 Å². The average Bonchev–Trinajstić information content (AvgIpc) is 2.09. The second-order valence-electron chi connectivity index (χ2n) is 3.86. The van der Waals surface area contributed by atoms with E-state index >= 15 is 0 Å². The minimum atomic E-state index is -0.128. The van der Waals surface area contributed by atoms with Gasteiger partial charge in [-0.25, -0.2) is 4.39 Å². The topological polar surface area (TPSA) is 26.0 Å². The summed E-state index contributed by atoms with van der Waals surface area (Å²) in [5, 5.41) is 0. The van der Waals surface area contributed by atoms with E-state index in [4.69, 9.17) is 5.73 Å². The zero-order valence-corrected chi connectivity index (χ0v) is 7.76. The first-order chi connectivity index (χ1) is 6.18. The lowest BCUT2D eigenvalue weighted by Gasteiger charge is -2.34. The molecule has 0 saturated heterocycles. The van der Waals surface area contributed by atoms with E-state index in [1.807, 2.05) is 12.1 Å². The van der Waals surface area contributed by atoms with Gasteiger partial charge in [0.25, 0.3) is 0 Å². The minimum Gasteiger partial charge on any atom is -0.327 e. The lowest BCUT2D eigenvalue weighted by atomic mass is 9.75. The van der Waals surface area contributed by atoms with Gasteiger partial charge in [-0.3, -0.25) is 0 Å². The summed E-state index contributed by atoms with van der Waals surface area (Å²) in [6.45, 7) is 1.79. The molecule has 1 nitrogen and oxygen atoms in total. The van der Waals surface area contributed by atoms with Gasteiger partial charge in [-0.2, -0.15) is 0 Å². The van der Waals surface area contributed by atoms with Crippen LogP contribution >= 0.6 is 0 Å². The van der Waals surface area contributed by atoms with Gasteiger partial charge in [0.15, 0.2) is 0 Å². The van der Waals surface area contributed by atoms with Crippen molar-refractivity contribution in [3.63, 3.8) is 0 Å². The third kappa shape index (κ3) is 1.46. The highest BCUT2D eigenvalue weighted by atomic mass is 19.1. The quantitative estimate of drug-likeness (QED) is 0.703. The lowest BCUT2D eigenvalue weighted by Crippen LogP contribution is -2.37. The van der Waals surface area contributed by atoms with Crippen molar-refractivity contribution in [2.24, 2.45) is 5.73 Å². The smallest absolute Gasteiger partial charge is 0.126 e. The van der Waals surface area contributed by atoms with Gasteiger partial charge in [0.2, 0.25) is 0 Å². The van der Waals surface area contributed by atoms with Crippen molar-refractivity contribution in [2.75, 3.05) is 0 Å². The van der Waals surface area contributed by atoms with Crippen LogP contribution in [-0.4, -0.2) is 6.04 Å². The van der Waals surface area contributed by atoms with Gasteiger partial charge in [0, 0.05) is 6.04 Å². The Labute approximate surface area is 77.8 Å². The molecule has 1 aromatic rings. The summed E-state index contributed by atoms with van der Waals surface area (Å²) in [6, 6.07) is 5.59. The number of aryl methyl sites for hydroxylation is 1. The Bertz CT molecular complexity index is 322. The van der Waals surface area contributed by atoms with Gasteiger partial charge in [-0.05, 0) is 42.9 Å². The molecule has 0 amide bonds. The van der Waals surface area contributed by atoms with E-state index in [0.29, 0.717) is 5.92 Å². The molecule has 0 bridgehead atoms. The number of nitrogens with two attached hydrogens (primary N) is 1. The molecular weight excluding hydrogens is 165 g/mol. The Morgan fingerprint density at radius 2 is 2.15 bits per heavy atom. The molecular formula is C11H14FN. The number of hydrogen-bond acceptors (Lipinski definition) is 1. The van der Waals surface area contributed by atoms with Crippen molar-refractivity contribution in [1.29, 1.82) is 0 Å². The third-order valence-electron chi connectivity index (χ3n) is 2.94. The van der Waals surface area contributed by atoms with E-state index in [9.17, 15) is 4.39 Å². The second-order valence-corrected chi connectivity index (χ2v) is 3.86. The highest BCUT2D eigenvalue weighted by Crippen LogP contribution is 2.35. The SMILES string of the molecule is Cc1cc(C2CCC2N)ccc1F. The lowest BCUT2D eigenvalue weighted by molar-refractivity contribution is 0.346. The first-order valence-electron chi connectivity index (χ1n) is 4.70. The van der Waals surface area contributed by atoms with Crippen LogP contribution in [0, 0.1) is 12.7 Å².